The lowest BCUT2D eigenvalue weighted by molar-refractivity contribution is 0.107. The zero-order valence-corrected chi connectivity index (χ0v) is 10.5. The van der Waals surface area contributed by atoms with E-state index in [2.05, 4.69) is 30.9 Å². The standard InChI is InChI=1S/C11H17N7O/c12-17-11-15-9(8-6-14-18-10(8)16-11)13-4-3-7-2-1-5-19-7/h6-7H,1-5,12H2,(H3,13,14,15,16,17,18). The van der Waals surface area contributed by atoms with Crippen molar-refractivity contribution in [1.82, 2.24) is 20.2 Å². The molecule has 1 unspecified atom stereocenters. The molecule has 1 fully saturated rings. The number of hydrazine groups is 1. The lowest BCUT2D eigenvalue weighted by atomic mass is 10.2. The van der Waals surface area contributed by atoms with Crippen molar-refractivity contribution in [1.29, 1.82) is 0 Å². The maximum absolute atomic E-state index is 5.58. The number of nitrogens with one attached hydrogen (secondary N) is 3. The van der Waals surface area contributed by atoms with Crippen molar-refractivity contribution in [2.24, 2.45) is 5.84 Å². The minimum Gasteiger partial charge on any atom is -0.378 e. The summed E-state index contributed by atoms with van der Waals surface area (Å²) in [6.07, 6.45) is 5.33. The fraction of sp³-hybridized carbons (Fsp3) is 0.545. The van der Waals surface area contributed by atoms with Gasteiger partial charge in [-0.1, -0.05) is 0 Å². The van der Waals surface area contributed by atoms with Crippen molar-refractivity contribution in [2.75, 3.05) is 23.9 Å². The van der Waals surface area contributed by atoms with E-state index in [1.54, 1.807) is 6.20 Å². The van der Waals surface area contributed by atoms with Crippen LogP contribution in [0.4, 0.5) is 11.8 Å². The highest BCUT2D eigenvalue weighted by molar-refractivity contribution is 5.86. The molecule has 0 spiro atoms. The van der Waals surface area contributed by atoms with E-state index < -0.39 is 0 Å². The van der Waals surface area contributed by atoms with Gasteiger partial charge in [0, 0.05) is 13.2 Å². The number of H-pyrrole nitrogens is 1. The van der Waals surface area contributed by atoms with E-state index in [1.165, 1.54) is 0 Å². The van der Waals surface area contributed by atoms with Crippen LogP contribution in [-0.2, 0) is 4.74 Å². The SMILES string of the molecule is NNc1nc(NCCC2CCCO2)c2cn[nH]c2n1. The average molecular weight is 263 g/mol. The second-order valence-corrected chi connectivity index (χ2v) is 4.52. The van der Waals surface area contributed by atoms with E-state index in [9.17, 15) is 0 Å². The summed E-state index contributed by atoms with van der Waals surface area (Å²) < 4.78 is 5.58. The third-order valence-electron chi connectivity index (χ3n) is 3.22. The van der Waals surface area contributed by atoms with Gasteiger partial charge in [0.25, 0.3) is 0 Å². The van der Waals surface area contributed by atoms with Crippen molar-refractivity contribution >= 4 is 22.8 Å². The van der Waals surface area contributed by atoms with Gasteiger partial charge >= 0.3 is 0 Å². The van der Waals surface area contributed by atoms with Crippen LogP contribution in [-0.4, -0.2) is 39.4 Å². The molecule has 102 valence electrons. The molecule has 1 saturated heterocycles. The fourth-order valence-corrected chi connectivity index (χ4v) is 2.26. The molecule has 0 saturated carbocycles. The van der Waals surface area contributed by atoms with Gasteiger partial charge in [-0.05, 0) is 19.3 Å². The highest BCUT2D eigenvalue weighted by Crippen LogP contribution is 2.20. The molecule has 2 aromatic rings. The maximum atomic E-state index is 5.58. The molecular formula is C11H17N7O. The van der Waals surface area contributed by atoms with Crippen LogP contribution < -0.4 is 16.6 Å². The lowest BCUT2D eigenvalue weighted by Gasteiger charge is -2.11. The largest absolute Gasteiger partial charge is 0.378 e. The summed E-state index contributed by atoms with van der Waals surface area (Å²) in [7, 11) is 0. The molecule has 8 nitrogen and oxygen atoms in total. The minimum atomic E-state index is 0.358. The second-order valence-electron chi connectivity index (χ2n) is 4.52. The first-order valence-corrected chi connectivity index (χ1v) is 6.40. The molecule has 3 heterocycles. The Balaban J connectivity index is 1.70. The van der Waals surface area contributed by atoms with Gasteiger partial charge < -0.3 is 10.1 Å². The first-order chi connectivity index (χ1) is 9.36. The van der Waals surface area contributed by atoms with Gasteiger partial charge in [0.2, 0.25) is 5.95 Å². The minimum absolute atomic E-state index is 0.358. The summed E-state index contributed by atoms with van der Waals surface area (Å²) in [6.45, 7) is 1.68. The van der Waals surface area contributed by atoms with E-state index in [1.807, 2.05) is 0 Å². The molecule has 1 atom stereocenters. The summed E-state index contributed by atoms with van der Waals surface area (Å²) in [5, 5.41) is 10.9. The molecule has 2 aromatic heterocycles. The molecule has 8 heteroatoms. The quantitative estimate of drug-likeness (QED) is 0.462. The number of aromatic nitrogens is 4. The smallest absolute Gasteiger partial charge is 0.241 e. The summed E-state index contributed by atoms with van der Waals surface area (Å²) in [5.74, 6) is 6.43. The van der Waals surface area contributed by atoms with E-state index in [0.717, 1.165) is 43.6 Å². The molecule has 3 rings (SSSR count). The topological polar surface area (TPSA) is 114 Å². The van der Waals surface area contributed by atoms with Crippen LogP contribution >= 0.6 is 0 Å². The molecule has 0 amide bonds. The Kier molecular flexibility index (Phi) is 3.43. The van der Waals surface area contributed by atoms with Crippen molar-refractivity contribution in [3.63, 3.8) is 0 Å². The number of aromatic amines is 1. The van der Waals surface area contributed by atoms with Gasteiger partial charge in [-0.15, -0.1) is 0 Å². The van der Waals surface area contributed by atoms with Gasteiger partial charge in [-0.25, -0.2) is 5.84 Å². The molecule has 1 aliphatic rings. The molecule has 0 bridgehead atoms. The summed E-state index contributed by atoms with van der Waals surface area (Å²) in [5.41, 5.74) is 3.10. The number of fused-ring (bicyclic) bond motifs is 1. The number of hydrogen-bond acceptors (Lipinski definition) is 7. The van der Waals surface area contributed by atoms with Crippen LogP contribution in [0, 0.1) is 0 Å². The third kappa shape index (κ3) is 2.59. The Hall–Kier alpha value is -1.93. The Bertz CT molecular complexity index is 549. The Morgan fingerprint density at radius 3 is 3.21 bits per heavy atom. The van der Waals surface area contributed by atoms with E-state index in [0.29, 0.717) is 17.7 Å². The summed E-state index contributed by atoms with van der Waals surface area (Å²) in [6, 6.07) is 0. The van der Waals surface area contributed by atoms with Crippen molar-refractivity contribution in [3.05, 3.63) is 6.20 Å². The molecular weight excluding hydrogens is 246 g/mol. The van der Waals surface area contributed by atoms with Gasteiger partial charge in [0.15, 0.2) is 5.65 Å². The van der Waals surface area contributed by atoms with Crippen molar-refractivity contribution in [3.8, 4) is 0 Å². The predicted octanol–water partition coefficient (Wildman–Crippen LogP) is 0.619. The Labute approximate surface area is 110 Å². The van der Waals surface area contributed by atoms with Gasteiger partial charge in [0.05, 0.1) is 17.7 Å². The number of nitrogens with zero attached hydrogens (tertiary/aromatic N) is 3. The molecule has 0 aliphatic carbocycles. The third-order valence-corrected chi connectivity index (χ3v) is 3.22. The van der Waals surface area contributed by atoms with Crippen LogP contribution in [0.2, 0.25) is 0 Å². The molecule has 1 aliphatic heterocycles. The highest BCUT2D eigenvalue weighted by atomic mass is 16.5. The first-order valence-electron chi connectivity index (χ1n) is 6.40. The van der Waals surface area contributed by atoms with Crippen molar-refractivity contribution < 1.29 is 4.74 Å². The van der Waals surface area contributed by atoms with Crippen LogP contribution in [0.3, 0.4) is 0 Å². The molecule has 0 radical (unpaired) electrons. The van der Waals surface area contributed by atoms with E-state index >= 15 is 0 Å². The number of anilines is 2. The van der Waals surface area contributed by atoms with E-state index in [4.69, 9.17) is 10.6 Å². The van der Waals surface area contributed by atoms with Crippen LogP contribution in [0.25, 0.3) is 11.0 Å². The van der Waals surface area contributed by atoms with Crippen molar-refractivity contribution in [2.45, 2.75) is 25.4 Å². The average Bonchev–Trinajstić information content (AvgIpc) is 3.08. The van der Waals surface area contributed by atoms with Gasteiger partial charge in [-0.3, -0.25) is 10.5 Å². The zero-order valence-electron chi connectivity index (χ0n) is 10.5. The first kappa shape index (κ1) is 12.1. The Morgan fingerprint density at radius 2 is 2.42 bits per heavy atom. The van der Waals surface area contributed by atoms with Gasteiger partial charge in [0.1, 0.15) is 5.82 Å². The maximum Gasteiger partial charge on any atom is 0.241 e. The van der Waals surface area contributed by atoms with Gasteiger partial charge in [-0.2, -0.15) is 15.1 Å². The number of ether oxygens (including phenoxy) is 1. The molecule has 5 N–H and O–H groups in total. The lowest BCUT2D eigenvalue weighted by Crippen LogP contribution is -2.15. The molecule has 0 aromatic carbocycles. The fourth-order valence-electron chi connectivity index (χ4n) is 2.26. The summed E-state index contributed by atoms with van der Waals surface area (Å²) in [4.78, 5) is 8.47. The van der Waals surface area contributed by atoms with E-state index in [-0.39, 0.29) is 0 Å². The molecule has 19 heavy (non-hydrogen) atoms. The number of hydrogen-bond donors (Lipinski definition) is 4. The number of nitrogen functional groups attached to an aromatic ring is 1. The Morgan fingerprint density at radius 1 is 1.47 bits per heavy atom. The monoisotopic (exact) mass is 263 g/mol. The predicted molar refractivity (Wildman–Crippen MR) is 71.6 cm³/mol. The number of rotatable bonds is 5. The highest BCUT2D eigenvalue weighted by Gasteiger charge is 2.15. The summed E-state index contributed by atoms with van der Waals surface area (Å²) >= 11 is 0. The van der Waals surface area contributed by atoms with Crippen LogP contribution in [0.15, 0.2) is 6.20 Å². The normalized spacial score (nSPS) is 18.9. The second kappa shape index (κ2) is 5.37. The zero-order chi connectivity index (χ0) is 13.1. The van der Waals surface area contributed by atoms with Crippen LogP contribution in [0.1, 0.15) is 19.3 Å². The number of nitrogens with two attached hydrogens (primary N) is 1. The van der Waals surface area contributed by atoms with Crippen LogP contribution in [0.5, 0.6) is 0 Å².